The van der Waals surface area contributed by atoms with Crippen molar-refractivity contribution in [3.63, 3.8) is 0 Å². The van der Waals surface area contributed by atoms with E-state index in [0.717, 1.165) is 23.1 Å². The summed E-state index contributed by atoms with van der Waals surface area (Å²) in [6.07, 6.45) is 0.706. The zero-order chi connectivity index (χ0) is 22.0. The van der Waals surface area contributed by atoms with Crippen molar-refractivity contribution in [1.29, 1.82) is 5.26 Å². The van der Waals surface area contributed by atoms with Crippen LogP contribution in [0, 0.1) is 11.3 Å². The highest BCUT2D eigenvalue weighted by Gasteiger charge is 2.25. The van der Waals surface area contributed by atoms with Crippen LogP contribution < -0.4 is 10.1 Å². The van der Waals surface area contributed by atoms with Gasteiger partial charge in [-0.05, 0) is 56.1 Å². The monoisotopic (exact) mass is 454 g/mol. The number of benzene rings is 2. The molecule has 0 saturated carbocycles. The van der Waals surface area contributed by atoms with E-state index in [1.165, 1.54) is 0 Å². The first-order valence-corrected chi connectivity index (χ1v) is 10.1. The number of ether oxygens (including phenoxy) is 1. The van der Waals surface area contributed by atoms with E-state index < -0.39 is 5.97 Å². The van der Waals surface area contributed by atoms with E-state index in [2.05, 4.69) is 21.5 Å². The topological polar surface area (TPSA) is 121 Å². The Bertz CT molecular complexity index is 1170. The van der Waals surface area contributed by atoms with Crippen LogP contribution in [0.4, 0.5) is 0 Å². The smallest absolute Gasteiger partial charge is 0.305 e. The molecule has 3 aromatic rings. The summed E-state index contributed by atoms with van der Waals surface area (Å²) in [7, 11) is 0. The fourth-order valence-corrected chi connectivity index (χ4v) is 3.81. The number of hydrogen-bond donors (Lipinski definition) is 2. The molecule has 0 bridgehead atoms. The third-order valence-electron chi connectivity index (χ3n) is 5.11. The Labute approximate surface area is 191 Å². The van der Waals surface area contributed by atoms with Gasteiger partial charge in [-0.3, -0.25) is 4.79 Å². The van der Waals surface area contributed by atoms with Gasteiger partial charge in [-0.2, -0.15) is 10.2 Å². The van der Waals surface area contributed by atoms with Crippen LogP contribution in [0.3, 0.4) is 0 Å². The number of halogens is 1. The van der Waals surface area contributed by atoms with Gasteiger partial charge in [0.1, 0.15) is 11.8 Å². The molecule has 1 aliphatic rings. The van der Waals surface area contributed by atoms with Crippen molar-refractivity contribution in [3.8, 4) is 34.7 Å². The van der Waals surface area contributed by atoms with Crippen LogP contribution in [0.15, 0.2) is 40.9 Å². The standard InChI is InChI=1S/C23H22N4O4.ClH/c1-13(2)30-20-7-6-14(10-15(20)12-24)23-26-22(27-31-23)18-5-3-4-17-16(18)8-9-25-19(17)11-21(28)29;/h3-7,10,13,19,25H,8-9,11H2,1-2H3,(H,28,29);1H. The van der Waals surface area contributed by atoms with Crippen molar-refractivity contribution in [2.75, 3.05) is 6.54 Å². The molecule has 1 unspecified atom stereocenters. The number of aliphatic carboxylic acids is 1. The molecule has 1 atom stereocenters. The van der Waals surface area contributed by atoms with Gasteiger partial charge in [0.15, 0.2) is 0 Å². The van der Waals surface area contributed by atoms with Crippen LogP contribution in [0.1, 0.15) is 43.0 Å². The van der Waals surface area contributed by atoms with Crippen LogP contribution in [0.25, 0.3) is 22.8 Å². The highest BCUT2D eigenvalue weighted by Crippen LogP contribution is 2.34. The fraction of sp³-hybridized carbons (Fsp3) is 0.304. The third-order valence-corrected chi connectivity index (χ3v) is 5.11. The van der Waals surface area contributed by atoms with Gasteiger partial charge >= 0.3 is 5.97 Å². The number of nitrogens with zero attached hydrogens (tertiary/aromatic N) is 3. The predicted molar refractivity (Wildman–Crippen MR) is 120 cm³/mol. The van der Waals surface area contributed by atoms with Crippen LogP contribution >= 0.6 is 12.4 Å². The fourth-order valence-electron chi connectivity index (χ4n) is 3.81. The Morgan fingerprint density at radius 3 is 2.91 bits per heavy atom. The summed E-state index contributed by atoms with van der Waals surface area (Å²) in [5.41, 5.74) is 3.81. The van der Waals surface area contributed by atoms with Crippen molar-refractivity contribution in [2.45, 2.75) is 38.8 Å². The molecular formula is C23H23ClN4O4. The van der Waals surface area contributed by atoms with E-state index in [1.54, 1.807) is 18.2 Å². The van der Waals surface area contributed by atoms with E-state index in [1.807, 2.05) is 32.0 Å². The predicted octanol–water partition coefficient (Wildman–Crippen LogP) is 4.15. The lowest BCUT2D eigenvalue weighted by molar-refractivity contribution is -0.137. The summed E-state index contributed by atoms with van der Waals surface area (Å²) in [5, 5.41) is 26.1. The molecule has 2 N–H and O–H groups in total. The Kier molecular flexibility index (Phi) is 7.13. The molecule has 2 aromatic carbocycles. The van der Waals surface area contributed by atoms with Crippen LogP contribution in [-0.2, 0) is 11.2 Å². The third kappa shape index (κ3) is 4.74. The average molecular weight is 455 g/mol. The number of rotatable bonds is 6. The minimum absolute atomic E-state index is 0. The SMILES string of the molecule is CC(C)Oc1ccc(-c2nc(-c3cccc4c3CCNC4CC(=O)O)no2)cc1C#N.Cl. The summed E-state index contributed by atoms with van der Waals surface area (Å²) >= 11 is 0. The molecule has 0 aliphatic carbocycles. The summed E-state index contributed by atoms with van der Waals surface area (Å²) in [6.45, 7) is 4.47. The van der Waals surface area contributed by atoms with Gasteiger partial charge in [0, 0.05) is 17.2 Å². The minimum atomic E-state index is -0.851. The van der Waals surface area contributed by atoms with Gasteiger partial charge in [0.25, 0.3) is 5.89 Å². The molecule has 0 saturated heterocycles. The zero-order valence-corrected chi connectivity index (χ0v) is 18.5. The first kappa shape index (κ1) is 23.3. The van der Waals surface area contributed by atoms with Crippen molar-refractivity contribution >= 4 is 18.4 Å². The Morgan fingerprint density at radius 1 is 1.38 bits per heavy atom. The largest absolute Gasteiger partial charge is 0.490 e. The lowest BCUT2D eigenvalue weighted by Gasteiger charge is -2.27. The van der Waals surface area contributed by atoms with Gasteiger partial charge in [-0.1, -0.05) is 23.4 Å². The molecule has 8 nitrogen and oxygen atoms in total. The molecule has 0 spiro atoms. The number of aromatic nitrogens is 2. The van der Waals surface area contributed by atoms with E-state index in [-0.39, 0.29) is 31.0 Å². The molecule has 4 rings (SSSR count). The number of fused-ring (bicyclic) bond motifs is 1. The van der Waals surface area contributed by atoms with Crippen molar-refractivity contribution < 1.29 is 19.2 Å². The summed E-state index contributed by atoms with van der Waals surface area (Å²) in [5.74, 6) is 0.394. The lowest BCUT2D eigenvalue weighted by Crippen LogP contribution is -2.31. The average Bonchev–Trinajstić information content (AvgIpc) is 3.23. The minimum Gasteiger partial charge on any atom is -0.490 e. The number of nitrogens with one attached hydrogen (secondary N) is 1. The van der Waals surface area contributed by atoms with Crippen LogP contribution in [0.2, 0.25) is 0 Å². The molecule has 0 radical (unpaired) electrons. The van der Waals surface area contributed by atoms with Crippen molar-refractivity contribution in [3.05, 3.63) is 53.1 Å². The zero-order valence-electron chi connectivity index (χ0n) is 17.7. The Hall–Kier alpha value is -3.41. The highest BCUT2D eigenvalue weighted by molar-refractivity contribution is 5.85. The van der Waals surface area contributed by atoms with E-state index in [9.17, 15) is 15.2 Å². The lowest BCUT2D eigenvalue weighted by atomic mass is 9.89. The number of nitriles is 1. The number of hydrogen-bond acceptors (Lipinski definition) is 7. The second kappa shape index (κ2) is 9.81. The maximum Gasteiger partial charge on any atom is 0.305 e. The molecule has 0 fully saturated rings. The molecule has 9 heteroatoms. The molecular weight excluding hydrogens is 432 g/mol. The number of carboxylic acids is 1. The maximum atomic E-state index is 11.2. The second-order valence-electron chi connectivity index (χ2n) is 7.64. The van der Waals surface area contributed by atoms with E-state index >= 15 is 0 Å². The molecule has 32 heavy (non-hydrogen) atoms. The van der Waals surface area contributed by atoms with Gasteiger partial charge < -0.3 is 19.7 Å². The molecule has 166 valence electrons. The molecule has 0 amide bonds. The summed E-state index contributed by atoms with van der Waals surface area (Å²) < 4.78 is 11.2. The van der Waals surface area contributed by atoms with Gasteiger partial charge in [-0.15, -0.1) is 12.4 Å². The van der Waals surface area contributed by atoms with E-state index in [0.29, 0.717) is 35.1 Å². The maximum absolute atomic E-state index is 11.2. The summed E-state index contributed by atoms with van der Waals surface area (Å²) in [4.78, 5) is 15.8. The second-order valence-corrected chi connectivity index (χ2v) is 7.64. The van der Waals surface area contributed by atoms with Crippen LogP contribution in [0.5, 0.6) is 5.75 Å². The first-order valence-electron chi connectivity index (χ1n) is 10.1. The Morgan fingerprint density at radius 2 is 2.19 bits per heavy atom. The molecule has 1 aliphatic heterocycles. The highest BCUT2D eigenvalue weighted by atomic mass is 35.5. The van der Waals surface area contributed by atoms with Crippen molar-refractivity contribution in [1.82, 2.24) is 15.5 Å². The van der Waals surface area contributed by atoms with Gasteiger partial charge in [0.05, 0.1) is 18.1 Å². The molecule has 2 heterocycles. The van der Waals surface area contributed by atoms with E-state index in [4.69, 9.17) is 9.26 Å². The Balaban J connectivity index is 0.00000289. The quantitative estimate of drug-likeness (QED) is 0.569. The summed E-state index contributed by atoms with van der Waals surface area (Å²) in [6, 6.07) is 12.8. The van der Waals surface area contributed by atoms with Gasteiger partial charge in [-0.25, -0.2) is 0 Å². The molecule has 1 aromatic heterocycles. The normalized spacial score (nSPS) is 14.9. The number of carbonyl (C=O) groups is 1. The number of carboxylic acid groups (broad SMARTS) is 1. The van der Waals surface area contributed by atoms with Gasteiger partial charge in [0.2, 0.25) is 5.82 Å². The first-order chi connectivity index (χ1) is 15.0. The van der Waals surface area contributed by atoms with Crippen molar-refractivity contribution in [2.24, 2.45) is 0 Å². The van der Waals surface area contributed by atoms with Crippen LogP contribution in [-0.4, -0.2) is 33.9 Å².